The van der Waals surface area contributed by atoms with Crippen molar-refractivity contribution in [1.29, 1.82) is 0 Å². The Balaban J connectivity index is 2.13. The van der Waals surface area contributed by atoms with Crippen molar-refractivity contribution in [2.45, 2.75) is 13.5 Å². The molecule has 2 N–H and O–H groups in total. The zero-order chi connectivity index (χ0) is 14.3. The Labute approximate surface area is 113 Å². The Hall–Kier alpha value is -2.76. The lowest BCUT2D eigenvalue weighted by atomic mass is 10.2. The third-order valence-corrected chi connectivity index (χ3v) is 3.13. The third kappa shape index (κ3) is 2.01. The molecule has 2 aromatic heterocycles. The van der Waals surface area contributed by atoms with E-state index in [4.69, 9.17) is 9.52 Å². The maximum Gasteiger partial charge on any atom is 0.335 e. The van der Waals surface area contributed by atoms with E-state index < -0.39 is 5.97 Å². The molecule has 3 aromatic rings. The number of fused-ring (bicyclic) bond motifs is 1. The van der Waals surface area contributed by atoms with Crippen molar-refractivity contribution < 1.29 is 14.3 Å². The van der Waals surface area contributed by atoms with Crippen LogP contribution in [0.15, 0.2) is 39.5 Å². The molecule has 2 heterocycles. The first-order valence-electron chi connectivity index (χ1n) is 6.06. The van der Waals surface area contributed by atoms with Crippen LogP contribution in [0.25, 0.3) is 11.0 Å². The molecule has 0 aliphatic rings. The molecule has 0 radical (unpaired) electrons. The van der Waals surface area contributed by atoms with Gasteiger partial charge in [0.2, 0.25) is 0 Å². The van der Waals surface area contributed by atoms with Crippen LogP contribution in [-0.4, -0.2) is 20.6 Å². The Morgan fingerprint density at radius 3 is 2.80 bits per heavy atom. The highest BCUT2D eigenvalue weighted by atomic mass is 16.4. The van der Waals surface area contributed by atoms with Gasteiger partial charge in [-0.25, -0.2) is 9.59 Å². The van der Waals surface area contributed by atoms with E-state index in [1.54, 1.807) is 12.1 Å². The van der Waals surface area contributed by atoms with Gasteiger partial charge >= 0.3 is 11.7 Å². The quantitative estimate of drug-likeness (QED) is 0.763. The molecule has 0 aliphatic heterocycles. The predicted molar refractivity (Wildman–Crippen MR) is 72.1 cm³/mol. The first-order valence-corrected chi connectivity index (χ1v) is 6.06. The second-order valence-corrected chi connectivity index (χ2v) is 4.57. The summed E-state index contributed by atoms with van der Waals surface area (Å²) in [6.07, 6.45) is 0. The molecule has 102 valence electrons. The summed E-state index contributed by atoms with van der Waals surface area (Å²) in [6, 6.07) is 8.14. The molecule has 1 aromatic carbocycles. The number of nitrogens with zero attached hydrogens (tertiary/aromatic N) is 1. The molecule has 0 saturated carbocycles. The second-order valence-electron chi connectivity index (χ2n) is 4.57. The number of aryl methyl sites for hydroxylation is 1. The first-order chi connectivity index (χ1) is 9.54. The molecule has 3 rings (SSSR count). The largest absolute Gasteiger partial charge is 0.478 e. The van der Waals surface area contributed by atoms with E-state index in [-0.39, 0.29) is 17.8 Å². The average molecular weight is 272 g/mol. The van der Waals surface area contributed by atoms with Gasteiger partial charge in [0.1, 0.15) is 11.5 Å². The molecule has 0 aliphatic carbocycles. The lowest BCUT2D eigenvalue weighted by Crippen LogP contribution is -2.17. The maximum absolute atomic E-state index is 11.9. The van der Waals surface area contributed by atoms with E-state index in [1.807, 2.05) is 13.0 Å². The van der Waals surface area contributed by atoms with Gasteiger partial charge in [-0.05, 0) is 37.3 Å². The number of benzene rings is 1. The topological polar surface area (TPSA) is 88.2 Å². The number of aromatic carboxylic acids is 1. The van der Waals surface area contributed by atoms with Gasteiger partial charge in [-0.2, -0.15) is 0 Å². The molecular formula is C14H12N2O4. The first kappa shape index (κ1) is 12.3. The van der Waals surface area contributed by atoms with Gasteiger partial charge in [0, 0.05) is 0 Å². The molecule has 0 fully saturated rings. The minimum atomic E-state index is -1.03. The van der Waals surface area contributed by atoms with Crippen LogP contribution in [0.1, 0.15) is 21.9 Å². The van der Waals surface area contributed by atoms with E-state index >= 15 is 0 Å². The molecule has 6 nitrogen and oxygen atoms in total. The highest BCUT2D eigenvalue weighted by molar-refractivity contribution is 5.92. The van der Waals surface area contributed by atoms with Crippen LogP contribution in [0.4, 0.5) is 0 Å². The van der Waals surface area contributed by atoms with Crippen LogP contribution in [0.3, 0.4) is 0 Å². The predicted octanol–water partition coefficient (Wildman–Crippen LogP) is 1.98. The van der Waals surface area contributed by atoms with Gasteiger partial charge in [0.25, 0.3) is 0 Å². The van der Waals surface area contributed by atoms with Crippen LogP contribution in [0, 0.1) is 6.92 Å². The molecule has 0 unspecified atom stereocenters. The highest BCUT2D eigenvalue weighted by Crippen LogP contribution is 2.15. The minimum absolute atomic E-state index is 0.140. The summed E-state index contributed by atoms with van der Waals surface area (Å²) >= 11 is 0. The molecule has 6 heteroatoms. The third-order valence-electron chi connectivity index (χ3n) is 3.13. The fourth-order valence-corrected chi connectivity index (χ4v) is 2.17. The number of aromatic nitrogens is 2. The fourth-order valence-electron chi connectivity index (χ4n) is 2.17. The molecule has 20 heavy (non-hydrogen) atoms. The Kier molecular flexibility index (Phi) is 2.71. The van der Waals surface area contributed by atoms with Crippen molar-refractivity contribution in [3.8, 4) is 0 Å². The molecule has 0 saturated heterocycles. The lowest BCUT2D eigenvalue weighted by Gasteiger charge is -2.01. The van der Waals surface area contributed by atoms with Gasteiger partial charge in [-0.15, -0.1) is 0 Å². The summed E-state index contributed by atoms with van der Waals surface area (Å²) in [5, 5.41) is 9.02. The normalized spacial score (nSPS) is 11.1. The number of furan rings is 1. The number of rotatable bonds is 3. The zero-order valence-corrected chi connectivity index (χ0v) is 10.7. The van der Waals surface area contributed by atoms with E-state index in [2.05, 4.69) is 4.98 Å². The summed E-state index contributed by atoms with van der Waals surface area (Å²) in [6.45, 7) is 2.08. The molecule has 0 bridgehead atoms. The standard InChI is InChI=1S/C14H12N2O4/c1-8-2-4-10(20-8)7-16-12-6-9(13(17)18)3-5-11(12)15-14(16)19/h2-6H,7H2,1H3,(H,15,19)(H,17,18). The summed E-state index contributed by atoms with van der Waals surface area (Å²) in [7, 11) is 0. The summed E-state index contributed by atoms with van der Waals surface area (Å²) in [4.78, 5) is 25.7. The molecule has 0 amide bonds. The molecule has 0 spiro atoms. The van der Waals surface area contributed by atoms with Crippen LogP contribution in [-0.2, 0) is 6.54 Å². The van der Waals surface area contributed by atoms with Crippen molar-refractivity contribution >= 4 is 17.0 Å². The van der Waals surface area contributed by atoms with Gasteiger partial charge in [0.15, 0.2) is 0 Å². The van der Waals surface area contributed by atoms with E-state index in [0.717, 1.165) is 5.76 Å². The summed E-state index contributed by atoms with van der Waals surface area (Å²) < 4.78 is 6.91. The van der Waals surface area contributed by atoms with E-state index in [0.29, 0.717) is 16.8 Å². The van der Waals surface area contributed by atoms with Crippen LogP contribution >= 0.6 is 0 Å². The highest BCUT2D eigenvalue weighted by Gasteiger charge is 2.12. The van der Waals surface area contributed by atoms with E-state index in [9.17, 15) is 9.59 Å². The van der Waals surface area contributed by atoms with Crippen LogP contribution in [0.5, 0.6) is 0 Å². The number of aromatic amines is 1. The average Bonchev–Trinajstić information content (AvgIpc) is 2.94. The lowest BCUT2D eigenvalue weighted by molar-refractivity contribution is 0.0697. The van der Waals surface area contributed by atoms with Crippen LogP contribution in [0.2, 0.25) is 0 Å². The fraction of sp³-hybridized carbons (Fsp3) is 0.143. The van der Waals surface area contributed by atoms with Gasteiger partial charge in [-0.1, -0.05) is 0 Å². The summed E-state index contributed by atoms with van der Waals surface area (Å²) in [5.41, 5.74) is 0.990. The van der Waals surface area contributed by atoms with Crippen molar-refractivity contribution in [2.75, 3.05) is 0 Å². The minimum Gasteiger partial charge on any atom is -0.478 e. The maximum atomic E-state index is 11.9. The van der Waals surface area contributed by atoms with Gasteiger partial charge < -0.3 is 14.5 Å². The smallest absolute Gasteiger partial charge is 0.335 e. The van der Waals surface area contributed by atoms with Gasteiger partial charge in [0.05, 0.1) is 23.1 Å². The number of carboxylic acid groups (broad SMARTS) is 1. The second kappa shape index (κ2) is 4.41. The monoisotopic (exact) mass is 272 g/mol. The van der Waals surface area contributed by atoms with Crippen molar-refractivity contribution in [3.63, 3.8) is 0 Å². The number of H-pyrrole nitrogens is 1. The van der Waals surface area contributed by atoms with Crippen molar-refractivity contribution in [3.05, 3.63) is 57.9 Å². The Morgan fingerprint density at radius 2 is 2.15 bits per heavy atom. The number of carbonyl (C=O) groups is 1. The Bertz CT molecular complexity index is 854. The number of imidazole rings is 1. The number of nitrogens with one attached hydrogen (secondary N) is 1. The summed E-state index contributed by atoms with van der Waals surface area (Å²) in [5.74, 6) is 0.381. The van der Waals surface area contributed by atoms with E-state index in [1.165, 1.54) is 16.7 Å². The van der Waals surface area contributed by atoms with Crippen molar-refractivity contribution in [1.82, 2.24) is 9.55 Å². The number of hydrogen-bond acceptors (Lipinski definition) is 3. The molecular weight excluding hydrogens is 260 g/mol. The Morgan fingerprint density at radius 1 is 1.35 bits per heavy atom. The van der Waals surface area contributed by atoms with Crippen LogP contribution < -0.4 is 5.69 Å². The zero-order valence-electron chi connectivity index (χ0n) is 10.7. The van der Waals surface area contributed by atoms with Crippen molar-refractivity contribution in [2.24, 2.45) is 0 Å². The number of hydrogen-bond donors (Lipinski definition) is 2. The number of carboxylic acids is 1. The molecule has 0 atom stereocenters. The SMILES string of the molecule is Cc1ccc(Cn2c(=O)[nH]c3ccc(C(=O)O)cc32)o1. The van der Waals surface area contributed by atoms with Gasteiger partial charge in [-0.3, -0.25) is 4.57 Å².